The number of guanidine groups is 1. The van der Waals surface area contributed by atoms with Gasteiger partial charge in [-0.15, -0.1) is 34.2 Å². The van der Waals surface area contributed by atoms with Crippen molar-refractivity contribution in [3.8, 4) is 5.75 Å². The summed E-state index contributed by atoms with van der Waals surface area (Å²) in [5, 5.41) is 16.2. The number of halogens is 2. The average molecular weight is 575 g/mol. The Labute approximate surface area is 213 Å². The molecule has 1 unspecified atom stereocenters. The van der Waals surface area contributed by atoms with Crippen LogP contribution in [0.1, 0.15) is 57.6 Å². The van der Waals surface area contributed by atoms with Crippen LogP contribution < -0.4 is 15.4 Å². The zero-order chi connectivity index (χ0) is 21.9. The van der Waals surface area contributed by atoms with E-state index in [2.05, 4.69) is 39.2 Å². The molecule has 0 bridgehead atoms. The van der Waals surface area contributed by atoms with E-state index in [-0.39, 0.29) is 30.1 Å². The second kappa shape index (κ2) is 14.6. The van der Waals surface area contributed by atoms with Crippen molar-refractivity contribution < 1.29 is 4.74 Å². The van der Waals surface area contributed by atoms with Gasteiger partial charge < -0.3 is 19.9 Å². The van der Waals surface area contributed by atoms with E-state index in [0.29, 0.717) is 17.3 Å². The lowest BCUT2D eigenvalue weighted by Crippen LogP contribution is -2.38. The fourth-order valence-corrected chi connectivity index (χ4v) is 3.87. The lowest BCUT2D eigenvalue weighted by Gasteiger charge is -2.18. The van der Waals surface area contributed by atoms with Gasteiger partial charge in [-0.05, 0) is 44.7 Å². The predicted molar refractivity (Wildman–Crippen MR) is 141 cm³/mol. The Bertz CT molecular complexity index is 844. The first-order chi connectivity index (χ1) is 15.2. The van der Waals surface area contributed by atoms with E-state index in [9.17, 15) is 0 Å². The Morgan fingerprint density at radius 2 is 2.03 bits per heavy atom. The van der Waals surface area contributed by atoms with Crippen molar-refractivity contribution in [2.24, 2.45) is 4.99 Å². The second-order valence-electron chi connectivity index (χ2n) is 7.82. The molecule has 1 aliphatic rings. The van der Waals surface area contributed by atoms with Gasteiger partial charge in [-0.1, -0.05) is 37.1 Å². The first-order valence-electron chi connectivity index (χ1n) is 11.6. The fourth-order valence-electron chi connectivity index (χ4n) is 3.69. The molecule has 0 aliphatic carbocycles. The molecule has 2 heterocycles. The molecule has 7 nitrogen and oxygen atoms in total. The maximum absolute atomic E-state index is 6.22. The average Bonchev–Trinajstić information content (AvgIpc) is 3.00. The number of nitrogens with zero attached hydrogens (tertiary/aromatic N) is 4. The number of hydrogen-bond donors (Lipinski definition) is 2. The first kappa shape index (κ1) is 26.7. The summed E-state index contributed by atoms with van der Waals surface area (Å²) in [6.45, 7) is 7.43. The zero-order valence-electron chi connectivity index (χ0n) is 19.1. The van der Waals surface area contributed by atoms with Gasteiger partial charge in [0.1, 0.15) is 23.5 Å². The standard InChI is InChI=1S/C23H35ClN6O.HI/c1-3-18(31-20-12-8-7-11-19(20)24)17-27-23(25-4-2)26-15-10-14-22-29-28-21-13-6-5-9-16-30(21)22;/h7-8,11-12,18H,3-6,9-10,13-17H2,1-2H3,(H2,25,26,27);1H. The lowest BCUT2D eigenvalue weighted by molar-refractivity contribution is 0.206. The summed E-state index contributed by atoms with van der Waals surface area (Å²) in [5.74, 6) is 3.78. The number of rotatable bonds is 10. The Morgan fingerprint density at radius 3 is 2.81 bits per heavy atom. The fraction of sp³-hybridized carbons (Fsp3) is 0.609. The number of benzene rings is 1. The highest BCUT2D eigenvalue weighted by atomic mass is 127. The molecule has 0 radical (unpaired) electrons. The van der Waals surface area contributed by atoms with Gasteiger partial charge in [0.15, 0.2) is 5.96 Å². The summed E-state index contributed by atoms with van der Waals surface area (Å²) in [6, 6.07) is 7.56. The van der Waals surface area contributed by atoms with E-state index < -0.39 is 0 Å². The van der Waals surface area contributed by atoms with Gasteiger partial charge in [0.2, 0.25) is 0 Å². The van der Waals surface area contributed by atoms with E-state index in [1.54, 1.807) is 0 Å². The number of para-hydroxylation sites is 1. The summed E-state index contributed by atoms with van der Waals surface area (Å²) in [7, 11) is 0. The third kappa shape index (κ3) is 8.10. The van der Waals surface area contributed by atoms with Crippen LogP contribution in [0, 0.1) is 0 Å². The monoisotopic (exact) mass is 574 g/mol. The van der Waals surface area contributed by atoms with Crippen LogP contribution in [-0.2, 0) is 19.4 Å². The van der Waals surface area contributed by atoms with Crippen molar-refractivity contribution in [2.45, 2.75) is 71.4 Å². The van der Waals surface area contributed by atoms with Crippen molar-refractivity contribution in [3.63, 3.8) is 0 Å². The Balaban J connectivity index is 0.00000363. The summed E-state index contributed by atoms with van der Waals surface area (Å²) in [4.78, 5) is 4.72. The first-order valence-corrected chi connectivity index (χ1v) is 11.9. The molecular weight excluding hydrogens is 539 g/mol. The highest BCUT2D eigenvalue weighted by Crippen LogP contribution is 2.24. The topological polar surface area (TPSA) is 76.4 Å². The molecule has 0 amide bonds. The smallest absolute Gasteiger partial charge is 0.191 e. The predicted octanol–water partition coefficient (Wildman–Crippen LogP) is 4.62. The molecule has 0 saturated heterocycles. The zero-order valence-corrected chi connectivity index (χ0v) is 22.2. The SMILES string of the molecule is CCNC(=NCC(CC)Oc1ccccc1Cl)NCCCc1nnc2n1CCCCC2.I. The lowest BCUT2D eigenvalue weighted by atomic mass is 10.2. The second-order valence-corrected chi connectivity index (χ2v) is 8.23. The van der Waals surface area contributed by atoms with Crippen LogP contribution in [0.25, 0.3) is 0 Å². The van der Waals surface area contributed by atoms with Gasteiger partial charge in [0.05, 0.1) is 11.6 Å². The van der Waals surface area contributed by atoms with Crippen molar-refractivity contribution in [2.75, 3.05) is 19.6 Å². The number of aromatic nitrogens is 3. The Kier molecular flexibility index (Phi) is 12.2. The van der Waals surface area contributed by atoms with Crippen molar-refractivity contribution in [1.82, 2.24) is 25.4 Å². The quantitative estimate of drug-likeness (QED) is 0.187. The maximum atomic E-state index is 6.22. The Morgan fingerprint density at radius 1 is 1.19 bits per heavy atom. The van der Waals surface area contributed by atoms with Crippen LogP contribution >= 0.6 is 35.6 Å². The number of fused-ring (bicyclic) bond motifs is 1. The molecule has 1 aliphatic heterocycles. The normalized spacial score (nSPS) is 14.7. The number of aryl methyl sites for hydroxylation is 2. The van der Waals surface area contributed by atoms with Crippen LogP contribution in [0.3, 0.4) is 0 Å². The third-order valence-corrected chi connectivity index (χ3v) is 5.75. The number of nitrogens with one attached hydrogen (secondary N) is 2. The van der Waals surface area contributed by atoms with Crippen LogP contribution in [0.4, 0.5) is 0 Å². The summed E-state index contributed by atoms with van der Waals surface area (Å²) < 4.78 is 8.37. The molecule has 0 saturated carbocycles. The van der Waals surface area contributed by atoms with Crippen molar-refractivity contribution in [3.05, 3.63) is 40.9 Å². The van der Waals surface area contributed by atoms with Crippen molar-refractivity contribution >= 4 is 41.5 Å². The maximum Gasteiger partial charge on any atom is 0.191 e. The molecule has 2 N–H and O–H groups in total. The molecule has 2 aromatic rings. The highest BCUT2D eigenvalue weighted by Gasteiger charge is 2.14. The van der Waals surface area contributed by atoms with Gasteiger partial charge >= 0.3 is 0 Å². The van der Waals surface area contributed by atoms with Crippen LogP contribution in [-0.4, -0.2) is 46.5 Å². The summed E-state index contributed by atoms with van der Waals surface area (Å²) >= 11 is 6.22. The molecule has 1 aromatic carbocycles. The van der Waals surface area contributed by atoms with E-state index in [0.717, 1.165) is 62.9 Å². The number of ether oxygens (including phenoxy) is 1. The molecule has 1 atom stereocenters. The van der Waals surface area contributed by atoms with Crippen molar-refractivity contribution in [1.29, 1.82) is 0 Å². The van der Waals surface area contributed by atoms with Gasteiger partial charge in [-0.25, -0.2) is 4.99 Å². The number of hydrogen-bond acceptors (Lipinski definition) is 4. The minimum atomic E-state index is -0.0261. The molecule has 32 heavy (non-hydrogen) atoms. The minimum Gasteiger partial charge on any atom is -0.487 e. The van der Waals surface area contributed by atoms with Crippen LogP contribution in [0.2, 0.25) is 5.02 Å². The summed E-state index contributed by atoms with van der Waals surface area (Å²) in [5.41, 5.74) is 0. The molecular formula is C23H36ClIN6O. The van der Waals surface area contributed by atoms with E-state index in [1.807, 2.05) is 24.3 Å². The molecule has 1 aromatic heterocycles. The van der Waals surface area contributed by atoms with Gasteiger partial charge in [-0.3, -0.25) is 0 Å². The van der Waals surface area contributed by atoms with Crippen LogP contribution in [0.15, 0.2) is 29.3 Å². The van der Waals surface area contributed by atoms with Gasteiger partial charge in [0.25, 0.3) is 0 Å². The Hall–Kier alpha value is -1.55. The molecule has 0 spiro atoms. The highest BCUT2D eigenvalue weighted by molar-refractivity contribution is 14.0. The molecule has 178 valence electrons. The molecule has 0 fully saturated rings. The third-order valence-electron chi connectivity index (χ3n) is 5.44. The van der Waals surface area contributed by atoms with E-state index in [4.69, 9.17) is 21.3 Å². The summed E-state index contributed by atoms with van der Waals surface area (Å²) in [6.07, 6.45) is 7.52. The largest absolute Gasteiger partial charge is 0.487 e. The minimum absolute atomic E-state index is 0. The van der Waals surface area contributed by atoms with E-state index >= 15 is 0 Å². The van der Waals surface area contributed by atoms with Gasteiger partial charge in [0, 0.05) is 32.5 Å². The number of aliphatic imine (C=N–C) groups is 1. The molecule has 9 heteroatoms. The van der Waals surface area contributed by atoms with E-state index in [1.165, 1.54) is 19.3 Å². The van der Waals surface area contributed by atoms with Gasteiger partial charge in [-0.2, -0.15) is 0 Å². The molecule has 3 rings (SSSR count). The van der Waals surface area contributed by atoms with Crippen LogP contribution in [0.5, 0.6) is 5.75 Å².